The molecule has 0 radical (unpaired) electrons. The molecule has 0 aliphatic rings. The van der Waals surface area contributed by atoms with Crippen LogP contribution in [0.25, 0.3) is 0 Å². The first kappa shape index (κ1) is 14.6. The molecule has 1 atom stereocenters. The summed E-state index contributed by atoms with van der Waals surface area (Å²) in [6.07, 6.45) is 0.939. The Kier molecular flexibility index (Phi) is 5.10. The molecule has 0 amide bonds. The zero-order chi connectivity index (χ0) is 13.1. The van der Waals surface area contributed by atoms with Gasteiger partial charge in [-0.15, -0.1) is 11.3 Å². The Labute approximate surface area is 109 Å². The third-order valence-corrected chi connectivity index (χ3v) is 4.25. The van der Waals surface area contributed by atoms with Crippen LogP contribution >= 0.6 is 11.3 Å². The normalized spacial score (nSPS) is 15.2. The number of aromatic nitrogens is 1. The molecule has 1 unspecified atom stereocenters. The molecule has 3 nitrogen and oxygen atoms in total. The highest BCUT2D eigenvalue weighted by Gasteiger charge is 2.30. The molecular weight excluding hydrogens is 232 g/mol. The third-order valence-electron chi connectivity index (χ3n) is 2.91. The lowest BCUT2D eigenvalue weighted by atomic mass is 9.98. The molecule has 0 bridgehead atoms. The van der Waals surface area contributed by atoms with Crippen LogP contribution in [-0.2, 0) is 10.3 Å². The molecule has 1 heterocycles. The van der Waals surface area contributed by atoms with Gasteiger partial charge in [-0.1, -0.05) is 0 Å². The van der Waals surface area contributed by atoms with Crippen molar-refractivity contribution in [2.24, 2.45) is 0 Å². The smallest absolute Gasteiger partial charge is 0.113 e. The van der Waals surface area contributed by atoms with Crippen LogP contribution in [0, 0.1) is 13.8 Å². The Hall–Kier alpha value is -0.450. The predicted molar refractivity (Wildman–Crippen MR) is 73.7 cm³/mol. The molecule has 1 aromatic heterocycles. The summed E-state index contributed by atoms with van der Waals surface area (Å²) < 4.78 is 5.21. The molecule has 1 aromatic rings. The van der Waals surface area contributed by atoms with Gasteiger partial charge in [-0.25, -0.2) is 4.98 Å². The van der Waals surface area contributed by atoms with Crippen LogP contribution in [0.1, 0.15) is 42.8 Å². The Morgan fingerprint density at radius 2 is 2.06 bits per heavy atom. The molecule has 1 N–H and O–H groups in total. The SMILES string of the molecule is COCCC(C)(NC(C)C)c1nc(C)c(C)s1. The highest BCUT2D eigenvalue weighted by atomic mass is 32.1. The van der Waals surface area contributed by atoms with E-state index in [2.05, 4.69) is 44.9 Å². The maximum absolute atomic E-state index is 5.21. The number of hydrogen-bond acceptors (Lipinski definition) is 4. The zero-order valence-electron chi connectivity index (χ0n) is 11.8. The Bertz CT molecular complexity index is 343. The second-order valence-corrected chi connectivity index (χ2v) is 6.24. The lowest BCUT2D eigenvalue weighted by Gasteiger charge is -2.31. The summed E-state index contributed by atoms with van der Waals surface area (Å²) in [5.74, 6) is 0. The second-order valence-electron chi connectivity index (χ2n) is 5.03. The van der Waals surface area contributed by atoms with Crippen molar-refractivity contribution in [2.75, 3.05) is 13.7 Å². The molecule has 0 saturated carbocycles. The molecule has 1 rings (SSSR count). The minimum Gasteiger partial charge on any atom is -0.385 e. The number of hydrogen-bond donors (Lipinski definition) is 1. The van der Waals surface area contributed by atoms with Gasteiger partial charge >= 0.3 is 0 Å². The van der Waals surface area contributed by atoms with Gasteiger partial charge in [-0.2, -0.15) is 0 Å². The van der Waals surface area contributed by atoms with E-state index >= 15 is 0 Å². The van der Waals surface area contributed by atoms with Crippen molar-refractivity contribution in [3.05, 3.63) is 15.6 Å². The summed E-state index contributed by atoms with van der Waals surface area (Å²) in [6.45, 7) is 11.5. The van der Waals surface area contributed by atoms with Gasteiger partial charge in [-0.3, -0.25) is 0 Å². The Morgan fingerprint density at radius 1 is 1.41 bits per heavy atom. The van der Waals surface area contributed by atoms with Crippen LogP contribution in [0.5, 0.6) is 0 Å². The van der Waals surface area contributed by atoms with Crippen LogP contribution in [-0.4, -0.2) is 24.7 Å². The van der Waals surface area contributed by atoms with Crippen LogP contribution in [0.4, 0.5) is 0 Å². The van der Waals surface area contributed by atoms with E-state index in [9.17, 15) is 0 Å². The average molecular weight is 256 g/mol. The van der Waals surface area contributed by atoms with E-state index in [4.69, 9.17) is 4.74 Å². The van der Waals surface area contributed by atoms with Crippen LogP contribution in [0.2, 0.25) is 0 Å². The van der Waals surface area contributed by atoms with Crippen LogP contribution in [0.3, 0.4) is 0 Å². The van der Waals surface area contributed by atoms with Gasteiger partial charge in [0.15, 0.2) is 0 Å². The fourth-order valence-electron chi connectivity index (χ4n) is 1.89. The molecule has 17 heavy (non-hydrogen) atoms. The van der Waals surface area contributed by atoms with E-state index in [0.29, 0.717) is 6.04 Å². The summed E-state index contributed by atoms with van der Waals surface area (Å²) in [6, 6.07) is 0.432. The maximum Gasteiger partial charge on any atom is 0.113 e. The summed E-state index contributed by atoms with van der Waals surface area (Å²) in [5, 5.41) is 4.78. The van der Waals surface area contributed by atoms with Crippen molar-refractivity contribution in [1.29, 1.82) is 0 Å². The number of aryl methyl sites for hydroxylation is 2. The standard InChI is InChI=1S/C13H24N2OS/c1-9(2)15-13(5,7-8-16-6)12-14-10(3)11(4)17-12/h9,15H,7-8H2,1-6H3. The Balaban J connectivity index is 2.95. The molecule has 0 fully saturated rings. The van der Waals surface area contributed by atoms with Crippen LogP contribution in [0.15, 0.2) is 0 Å². The van der Waals surface area contributed by atoms with Crippen molar-refractivity contribution in [3.63, 3.8) is 0 Å². The van der Waals surface area contributed by atoms with Gasteiger partial charge < -0.3 is 10.1 Å². The first-order valence-electron chi connectivity index (χ1n) is 6.10. The predicted octanol–water partition coefficient (Wildman–Crippen LogP) is 3.01. The fraction of sp³-hybridized carbons (Fsp3) is 0.769. The van der Waals surface area contributed by atoms with E-state index in [0.717, 1.165) is 18.7 Å². The second kappa shape index (κ2) is 5.94. The highest BCUT2D eigenvalue weighted by molar-refractivity contribution is 7.11. The van der Waals surface area contributed by atoms with Gasteiger partial charge in [0.1, 0.15) is 5.01 Å². The largest absolute Gasteiger partial charge is 0.385 e. The maximum atomic E-state index is 5.21. The minimum absolute atomic E-state index is 0.0894. The van der Waals surface area contributed by atoms with Gasteiger partial charge in [0.25, 0.3) is 0 Å². The van der Waals surface area contributed by atoms with Crippen molar-refractivity contribution in [3.8, 4) is 0 Å². The van der Waals surface area contributed by atoms with Crippen LogP contribution < -0.4 is 5.32 Å². The van der Waals surface area contributed by atoms with E-state index < -0.39 is 0 Å². The first-order chi connectivity index (χ1) is 7.89. The summed E-state index contributed by atoms with van der Waals surface area (Å²) in [7, 11) is 1.74. The summed E-state index contributed by atoms with van der Waals surface area (Å²) in [5.41, 5.74) is 1.05. The molecule has 4 heteroatoms. The number of rotatable bonds is 6. The number of ether oxygens (including phenoxy) is 1. The first-order valence-corrected chi connectivity index (χ1v) is 6.92. The Morgan fingerprint density at radius 3 is 2.47 bits per heavy atom. The molecule has 0 aliphatic heterocycles. The monoisotopic (exact) mass is 256 g/mol. The lowest BCUT2D eigenvalue weighted by molar-refractivity contribution is 0.155. The number of methoxy groups -OCH3 is 1. The van der Waals surface area contributed by atoms with E-state index in [1.54, 1.807) is 18.4 Å². The number of nitrogens with one attached hydrogen (secondary N) is 1. The van der Waals surface area contributed by atoms with E-state index in [1.807, 2.05) is 0 Å². The van der Waals surface area contributed by atoms with E-state index in [1.165, 1.54) is 9.88 Å². The topological polar surface area (TPSA) is 34.1 Å². The average Bonchev–Trinajstić information content (AvgIpc) is 2.56. The van der Waals surface area contributed by atoms with Gasteiger partial charge in [0, 0.05) is 24.6 Å². The molecule has 0 saturated heterocycles. The lowest BCUT2D eigenvalue weighted by Crippen LogP contribution is -2.44. The quantitative estimate of drug-likeness (QED) is 0.849. The molecule has 0 aliphatic carbocycles. The number of thiazole rings is 1. The number of nitrogens with zero attached hydrogens (tertiary/aromatic N) is 1. The summed E-state index contributed by atoms with van der Waals surface area (Å²) >= 11 is 1.78. The van der Waals surface area contributed by atoms with Crippen molar-refractivity contribution in [2.45, 2.75) is 52.6 Å². The molecule has 0 spiro atoms. The van der Waals surface area contributed by atoms with Gasteiger partial charge in [-0.05, 0) is 41.0 Å². The summed E-state index contributed by atoms with van der Waals surface area (Å²) in [4.78, 5) is 5.99. The van der Waals surface area contributed by atoms with Gasteiger partial charge in [0.05, 0.1) is 11.2 Å². The zero-order valence-corrected chi connectivity index (χ0v) is 12.6. The van der Waals surface area contributed by atoms with Crippen molar-refractivity contribution < 1.29 is 4.74 Å². The van der Waals surface area contributed by atoms with Gasteiger partial charge in [0.2, 0.25) is 0 Å². The van der Waals surface area contributed by atoms with E-state index in [-0.39, 0.29) is 5.54 Å². The molecule has 98 valence electrons. The molecular formula is C13H24N2OS. The minimum atomic E-state index is -0.0894. The van der Waals surface area contributed by atoms with Crippen molar-refractivity contribution >= 4 is 11.3 Å². The third kappa shape index (κ3) is 3.76. The fourth-order valence-corrected chi connectivity index (χ4v) is 2.95. The molecule has 0 aromatic carbocycles. The highest BCUT2D eigenvalue weighted by Crippen LogP contribution is 2.30. The van der Waals surface area contributed by atoms with Crippen molar-refractivity contribution in [1.82, 2.24) is 10.3 Å².